The van der Waals surface area contributed by atoms with Gasteiger partial charge in [0.05, 0.1) is 35.4 Å². The van der Waals surface area contributed by atoms with Crippen LogP contribution in [0.25, 0.3) is 11.3 Å². The second kappa shape index (κ2) is 6.48. The fourth-order valence-electron chi connectivity index (χ4n) is 3.90. The number of hydrogen-bond donors (Lipinski definition) is 2. The number of nitrogens with zero attached hydrogens (tertiary/aromatic N) is 3. The lowest BCUT2D eigenvalue weighted by molar-refractivity contribution is -0.147. The number of aromatic nitrogens is 3. The molecule has 138 valence electrons. The van der Waals surface area contributed by atoms with Gasteiger partial charge in [-0.1, -0.05) is 0 Å². The summed E-state index contributed by atoms with van der Waals surface area (Å²) >= 11 is 1.32. The minimum atomic E-state index is -0.972. The van der Waals surface area contributed by atoms with E-state index in [4.69, 9.17) is 4.74 Å². The van der Waals surface area contributed by atoms with E-state index in [2.05, 4.69) is 15.4 Å². The van der Waals surface area contributed by atoms with Gasteiger partial charge in [0, 0.05) is 23.7 Å². The molecule has 2 saturated heterocycles. The van der Waals surface area contributed by atoms with Crippen LogP contribution in [-0.4, -0.2) is 44.0 Å². The zero-order chi connectivity index (χ0) is 18.4. The molecule has 2 aromatic rings. The van der Waals surface area contributed by atoms with Crippen LogP contribution < -0.4 is 5.32 Å². The minimum Gasteiger partial charge on any atom is -0.481 e. The van der Waals surface area contributed by atoms with Crippen LogP contribution in [0.1, 0.15) is 25.5 Å². The molecule has 2 fully saturated rings. The molecule has 0 aliphatic carbocycles. The first-order chi connectivity index (χ1) is 12.5. The summed E-state index contributed by atoms with van der Waals surface area (Å²) < 4.78 is 7.49. The lowest BCUT2D eigenvalue weighted by Gasteiger charge is -2.23. The number of carboxylic acid groups (broad SMARTS) is 1. The number of thiazole rings is 1. The summed E-state index contributed by atoms with van der Waals surface area (Å²) in [7, 11) is 0. The molecule has 4 atom stereocenters. The van der Waals surface area contributed by atoms with Crippen LogP contribution in [0.5, 0.6) is 0 Å². The fraction of sp³-hybridized carbons (Fsp3) is 0.529. The average molecular weight is 376 g/mol. The molecule has 2 aliphatic heterocycles. The molecule has 2 aromatic heterocycles. The van der Waals surface area contributed by atoms with Gasteiger partial charge in [-0.05, 0) is 26.7 Å². The topological polar surface area (TPSA) is 106 Å². The van der Waals surface area contributed by atoms with E-state index < -0.39 is 17.8 Å². The molecule has 0 spiro atoms. The highest BCUT2D eigenvalue weighted by molar-refractivity contribution is 7.14. The van der Waals surface area contributed by atoms with Crippen LogP contribution in [0.2, 0.25) is 0 Å². The van der Waals surface area contributed by atoms with E-state index in [0.717, 1.165) is 29.9 Å². The molecule has 2 aliphatic rings. The summed E-state index contributed by atoms with van der Waals surface area (Å²) in [4.78, 5) is 28.7. The Hall–Kier alpha value is -2.26. The number of rotatable bonds is 5. The summed E-state index contributed by atoms with van der Waals surface area (Å²) in [6.07, 6.45) is 2.69. The van der Waals surface area contributed by atoms with Crippen molar-refractivity contribution < 1.29 is 19.4 Å². The largest absolute Gasteiger partial charge is 0.481 e. The van der Waals surface area contributed by atoms with Crippen LogP contribution in [-0.2, 0) is 20.9 Å². The van der Waals surface area contributed by atoms with E-state index >= 15 is 0 Å². The molecule has 26 heavy (non-hydrogen) atoms. The summed E-state index contributed by atoms with van der Waals surface area (Å²) in [6.45, 7) is 4.71. The molecule has 8 nitrogen and oxygen atoms in total. The maximum absolute atomic E-state index is 12.7. The second-order valence-corrected chi connectivity index (χ2v) is 7.55. The Balaban J connectivity index is 1.51. The van der Waals surface area contributed by atoms with Crippen LogP contribution in [0.15, 0.2) is 11.6 Å². The van der Waals surface area contributed by atoms with Gasteiger partial charge >= 0.3 is 5.97 Å². The van der Waals surface area contributed by atoms with Gasteiger partial charge in [-0.15, -0.1) is 11.3 Å². The quantitative estimate of drug-likeness (QED) is 0.828. The minimum absolute atomic E-state index is 0.314. The normalized spacial score (nSPS) is 27.0. The van der Waals surface area contributed by atoms with E-state index in [9.17, 15) is 14.7 Å². The number of carbonyl (C=O) groups is 2. The molecular weight excluding hydrogens is 356 g/mol. The number of nitrogens with one attached hydrogen (secondary N) is 1. The van der Waals surface area contributed by atoms with E-state index in [1.165, 1.54) is 11.3 Å². The Morgan fingerprint density at radius 3 is 2.77 bits per heavy atom. The molecule has 0 unspecified atom stereocenters. The van der Waals surface area contributed by atoms with Crippen LogP contribution >= 0.6 is 11.3 Å². The summed E-state index contributed by atoms with van der Waals surface area (Å²) in [6, 6.07) is 0. The van der Waals surface area contributed by atoms with Gasteiger partial charge in [0.15, 0.2) is 5.13 Å². The first-order valence-corrected chi connectivity index (χ1v) is 9.55. The fourth-order valence-corrected chi connectivity index (χ4v) is 4.61. The van der Waals surface area contributed by atoms with Crippen LogP contribution in [0.3, 0.4) is 0 Å². The van der Waals surface area contributed by atoms with Crippen LogP contribution in [0, 0.1) is 18.8 Å². The van der Waals surface area contributed by atoms with Crippen molar-refractivity contribution in [3.8, 4) is 11.3 Å². The first kappa shape index (κ1) is 17.2. The van der Waals surface area contributed by atoms with Crippen molar-refractivity contribution in [2.45, 2.75) is 45.4 Å². The number of anilines is 1. The summed E-state index contributed by atoms with van der Waals surface area (Å²) in [5, 5.41) is 19.0. The molecule has 1 amide bonds. The number of carbonyl (C=O) groups excluding carboxylic acids is 1. The molecule has 4 heterocycles. The van der Waals surface area contributed by atoms with Gasteiger partial charge in [-0.3, -0.25) is 14.3 Å². The third-order valence-electron chi connectivity index (χ3n) is 5.14. The van der Waals surface area contributed by atoms with Crippen molar-refractivity contribution in [1.29, 1.82) is 0 Å². The van der Waals surface area contributed by atoms with Crippen molar-refractivity contribution in [2.24, 2.45) is 11.8 Å². The first-order valence-electron chi connectivity index (χ1n) is 8.67. The molecule has 0 radical (unpaired) electrons. The van der Waals surface area contributed by atoms with Crippen molar-refractivity contribution in [2.75, 3.05) is 5.32 Å². The monoisotopic (exact) mass is 376 g/mol. The molecule has 0 aromatic carbocycles. The smallest absolute Gasteiger partial charge is 0.310 e. The van der Waals surface area contributed by atoms with E-state index in [1.807, 2.05) is 30.1 Å². The van der Waals surface area contributed by atoms with Gasteiger partial charge in [-0.2, -0.15) is 5.10 Å². The Morgan fingerprint density at radius 1 is 1.38 bits per heavy atom. The van der Waals surface area contributed by atoms with Crippen molar-refractivity contribution >= 4 is 28.3 Å². The number of aryl methyl sites for hydroxylation is 2. The van der Waals surface area contributed by atoms with Gasteiger partial charge in [-0.25, -0.2) is 4.98 Å². The van der Waals surface area contributed by atoms with Crippen molar-refractivity contribution in [3.63, 3.8) is 0 Å². The molecular formula is C17H20N4O4S. The molecule has 9 heteroatoms. The third-order valence-corrected chi connectivity index (χ3v) is 5.90. The van der Waals surface area contributed by atoms with Gasteiger partial charge in [0.1, 0.15) is 0 Å². The zero-order valence-corrected chi connectivity index (χ0v) is 15.3. The lowest BCUT2D eigenvalue weighted by Crippen LogP contribution is -2.40. The van der Waals surface area contributed by atoms with Crippen LogP contribution in [0.4, 0.5) is 5.13 Å². The Bertz CT molecular complexity index is 861. The van der Waals surface area contributed by atoms with E-state index in [0.29, 0.717) is 11.6 Å². The van der Waals surface area contributed by atoms with Gasteiger partial charge < -0.3 is 15.2 Å². The van der Waals surface area contributed by atoms with Gasteiger partial charge in [0.25, 0.3) is 0 Å². The highest BCUT2D eigenvalue weighted by atomic mass is 32.1. The Kier molecular flexibility index (Phi) is 4.28. The Labute approximate surface area is 154 Å². The van der Waals surface area contributed by atoms with Crippen molar-refractivity contribution in [3.05, 3.63) is 17.3 Å². The predicted molar refractivity (Wildman–Crippen MR) is 94.9 cm³/mol. The highest BCUT2D eigenvalue weighted by Gasteiger charge is 2.55. The molecule has 0 saturated carbocycles. The molecule has 2 bridgehead atoms. The van der Waals surface area contributed by atoms with E-state index in [1.54, 1.807) is 0 Å². The number of hydrogen-bond acceptors (Lipinski definition) is 6. The number of carboxylic acids is 1. The predicted octanol–water partition coefficient (Wildman–Crippen LogP) is 2.15. The maximum Gasteiger partial charge on any atom is 0.310 e. The zero-order valence-electron chi connectivity index (χ0n) is 14.5. The van der Waals surface area contributed by atoms with Gasteiger partial charge in [0.2, 0.25) is 5.91 Å². The Morgan fingerprint density at radius 2 is 2.12 bits per heavy atom. The number of aliphatic carboxylic acids is 1. The third kappa shape index (κ3) is 2.80. The number of ether oxygens (including phenoxy) is 1. The number of fused-ring (bicyclic) bond motifs is 2. The average Bonchev–Trinajstić information content (AvgIpc) is 3.36. The van der Waals surface area contributed by atoms with E-state index in [-0.39, 0.29) is 18.1 Å². The lowest BCUT2D eigenvalue weighted by atomic mass is 9.79. The number of amides is 1. The maximum atomic E-state index is 12.7. The standard InChI is InChI=1S/C17H20N4O4S/c1-3-21-6-9(8(2)20-21)10-7-26-17(18-10)19-15(22)13-11-4-5-12(25-11)14(13)16(23)24/h6-7,11-14H,3-5H2,1-2H3,(H,23,24)(H,18,19,22)/t11-,12-,13+,14+/m1/s1. The second-order valence-electron chi connectivity index (χ2n) is 6.69. The molecule has 2 N–H and O–H groups in total. The summed E-state index contributed by atoms with van der Waals surface area (Å²) in [5.74, 6) is -2.74. The SMILES string of the molecule is CCn1cc(-c2csc(NC(=O)[C@@H]3[C@@H](C(=O)O)[C@H]4CC[C@H]3O4)n2)c(C)n1. The summed E-state index contributed by atoms with van der Waals surface area (Å²) in [5.41, 5.74) is 2.55. The van der Waals surface area contributed by atoms with Crippen molar-refractivity contribution in [1.82, 2.24) is 14.8 Å². The highest BCUT2D eigenvalue weighted by Crippen LogP contribution is 2.44. The molecule has 4 rings (SSSR count).